The summed E-state index contributed by atoms with van der Waals surface area (Å²) in [6.07, 6.45) is 2.27. The smallest absolute Gasteiger partial charge is 0.405 e. The van der Waals surface area contributed by atoms with Crippen molar-refractivity contribution in [3.8, 4) is 0 Å². The molecule has 3 aromatic carbocycles. The number of carbonyl (C=O) groups is 2. The molecule has 0 bridgehead atoms. The number of nitrogens with one attached hydrogen (secondary N) is 3. The summed E-state index contributed by atoms with van der Waals surface area (Å²) in [5, 5.41) is 18.4. The predicted molar refractivity (Wildman–Crippen MR) is 165 cm³/mol. The molecule has 2 fully saturated rings. The van der Waals surface area contributed by atoms with E-state index in [9.17, 15) is 31.9 Å². The number of piperazine rings is 1. The van der Waals surface area contributed by atoms with E-state index in [1.165, 1.54) is 48.5 Å². The zero-order valence-electron chi connectivity index (χ0n) is 24.7. The third-order valence-electron chi connectivity index (χ3n) is 8.86. The molecule has 1 saturated heterocycles. The van der Waals surface area contributed by atoms with Crippen LogP contribution in [0.25, 0.3) is 0 Å². The SMILES string of the molecule is O=C(O)N[C@H](C(=O)N[C@@H]1CCC[C@H]1CC[C@H]1CNCCN1S(=O)(=O)c1ccccc1)C(c1ccc(F)cc1)c1ccc(F)cc1. The Kier molecular flexibility index (Phi) is 10.5. The molecule has 1 saturated carbocycles. The highest BCUT2D eigenvalue weighted by Gasteiger charge is 2.38. The number of nitrogens with zero attached hydrogens (tertiary/aromatic N) is 1. The molecule has 240 valence electrons. The molecule has 3 aromatic rings. The van der Waals surface area contributed by atoms with E-state index in [4.69, 9.17) is 0 Å². The maximum Gasteiger partial charge on any atom is 0.405 e. The number of amides is 2. The van der Waals surface area contributed by atoms with Crippen molar-refractivity contribution in [2.24, 2.45) is 5.92 Å². The summed E-state index contributed by atoms with van der Waals surface area (Å²) in [7, 11) is -3.67. The standard InChI is InChI=1S/C33H38F2N4O5S/c34-25-14-9-23(10-15-25)30(24-11-16-26(35)17-12-24)31(38-33(41)42)32(40)37-29-8-4-5-22(29)13-18-27-21-36-19-20-39(27)45(43,44)28-6-2-1-3-7-28/h1-3,6-7,9-12,14-17,22,27,29-31,36,38H,4-5,8,13,18-21H2,(H,37,40)(H,41,42)/t22-,27-,29+,31-/m0/s1. The highest BCUT2D eigenvalue weighted by Crippen LogP contribution is 2.33. The summed E-state index contributed by atoms with van der Waals surface area (Å²) in [4.78, 5) is 26.0. The molecule has 12 heteroatoms. The first-order chi connectivity index (χ1) is 21.6. The van der Waals surface area contributed by atoms with Crippen LogP contribution in [-0.4, -0.2) is 67.6 Å². The molecule has 1 aliphatic carbocycles. The Labute approximate surface area is 262 Å². The highest BCUT2D eigenvalue weighted by atomic mass is 32.2. The first-order valence-electron chi connectivity index (χ1n) is 15.2. The number of benzene rings is 3. The largest absolute Gasteiger partial charge is 0.465 e. The van der Waals surface area contributed by atoms with Crippen LogP contribution in [0.3, 0.4) is 0 Å². The van der Waals surface area contributed by atoms with Crippen molar-refractivity contribution in [2.75, 3.05) is 19.6 Å². The molecule has 5 rings (SSSR count). The van der Waals surface area contributed by atoms with Crippen molar-refractivity contribution in [3.05, 3.63) is 102 Å². The third-order valence-corrected chi connectivity index (χ3v) is 10.8. The summed E-state index contributed by atoms with van der Waals surface area (Å²) in [5.41, 5.74) is 0.980. The van der Waals surface area contributed by atoms with E-state index in [0.717, 1.165) is 12.8 Å². The molecule has 0 aromatic heterocycles. The Bertz CT molecular complexity index is 1510. The van der Waals surface area contributed by atoms with E-state index in [0.29, 0.717) is 50.0 Å². The topological polar surface area (TPSA) is 128 Å². The number of hydrogen-bond donors (Lipinski definition) is 4. The van der Waals surface area contributed by atoms with Gasteiger partial charge in [0, 0.05) is 37.6 Å². The Morgan fingerprint density at radius 2 is 1.53 bits per heavy atom. The van der Waals surface area contributed by atoms with Crippen LogP contribution in [0, 0.1) is 17.6 Å². The fraction of sp³-hybridized carbons (Fsp3) is 0.394. The summed E-state index contributed by atoms with van der Waals surface area (Å²) in [5.74, 6) is -2.30. The lowest BCUT2D eigenvalue weighted by Gasteiger charge is -2.36. The molecule has 45 heavy (non-hydrogen) atoms. The van der Waals surface area contributed by atoms with Gasteiger partial charge >= 0.3 is 6.09 Å². The molecular formula is C33H38F2N4O5S. The first kappa shape index (κ1) is 32.5. The van der Waals surface area contributed by atoms with E-state index in [-0.39, 0.29) is 22.9 Å². The van der Waals surface area contributed by atoms with Crippen LogP contribution in [0.2, 0.25) is 0 Å². The first-order valence-corrected chi connectivity index (χ1v) is 16.7. The van der Waals surface area contributed by atoms with Crippen molar-refractivity contribution < 1.29 is 31.9 Å². The lowest BCUT2D eigenvalue weighted by atomic mass is 9.84. The van der Waals surface area contributed by atoms with Crippen LogP contribution >= 0.6 is 0 Å². The summed E-state index contributed by atoms with van der Waals surface area (Å²) >= 11 is 0. The van der Waals surface area contributed by atoms with Gasteiger partial charge in [0.1, 0.15) is 17.7 Å². The average molecular weight is 641 g/mol. The molecule has 2 amide bonds. The minimum Gasteiger partial charge on any atom is -0.465 e. The zero-order chi connectivity index (χ0) is 32.0. The third kappa shape index (κ3) is 7.86. The van der Waals surface area contributed by atoms with E-state index in [1.807, 2.05) is 0 Å². The van der Waals surface area contributed by atoms with Gasteiger partial charge in [0.2, 0.25) is 15.9 Å². The van der Waals surface area contributed by atoms with E-state index < -0.39 is 45.6 Å². The fourth-order valence-corrected chi connectivity index (χ4v) is 8.31. The minimum absolute atomic E-state index is 0.0673. The molecule has 1 aliphatic heterocycles. The van der Waals surface area contributed by atoms with Gasteiger partial charge in [-0.1, -0.05) is 48.9 Å². The Morgan fingerprint density at radius 1 is 0.911 bits per heavy atom. The van der Waals surface area contributed by atoms with Gasteiger partial charge < -0.3 is 21.1 Å². The molecule has 9 nitrogen and oxygen atoms in total. The van der Waals surface area contributed by atoms with E-state index >= 15 is 0 Å². The summed E-state index contributed by atoms with van der Waals surface area (Å²) < 4.78 is 56.1. The fourth-order valence-electron chi connectivity index (χ4n) is 6.63. The van der Waals surface area contributed by atoms with Gasteiger partial charge in [-0.15, -0.1) is 0 Å². The van der Waals surface area contributed by atoms with Gasteiger partial charge in [0.05, 0.1) is 4.90 Å². The van der Waals surface area contributed by atoms with E-state index in [2.05, 4.69) is 16.0 Å². The number of halogens is 2. The number of carboxylic acid groups (broad SMARTS) is 1. The summed E-state index contributed by atoms with van der Waals surface area (Å²) in [6.45, 7) is 1.45. The highest BCUT2D eigenvalue weighted by molar-refractivity contribution is 7.89. The van der Waals surface area contributed by atoms with Gasteiger partial charge in [-0.2, -0.15) is 4.31 Å². The van der Waals surface area contributed by atoms with Crippen molar-refractivity contribution in [1.29, 1.82) is 0 Å². The van der Waals surface area contributed by atoms with Crippen LogP contribution in [0.1, 0.15) is 49.1 Å². The van der Waals surface area contributed by atoms with Crippen molar-refractivity contribution in [2.45, 2.75) is 61.0 Å². The molecule has 4 N–H and O–H groups in total. The minimum atomic E-state index is -3.67. The second-order valence-electron chi connectivity index (χ2n) is 11.7. The number of carbonyl (C=O) groups excluding carboxylic acids is 1. The number of rotatable bonds is 11. The van der Waals surface area contributed by atoms with E-state index in [1.54, 1.807) is 34.6 Å². The Morgan fingerprint density at radius 3 is 2.13 bits per heavy atom. The predicted octanol–water partition coefficient (Wildman–Crippen LogP) is 4.46. The lowest BCUT2D eigenvalue weighted by molar-refractivity contribution is -0.124. The van der Waals surface area contributed by atoms with Gasteiger partial charge in [0.15, 0.2) is 0 Å². The molecule has 2 aliphatic rings. The maximum atomic E-state index is 13.9. The monoisotopic (exact) mass is 640 g/mol. The second kappa shape index (κ2) is 14.5. The summed E-state index contributed by atoms with van der Waals surface area (Å²) in [6, 6.07) is 17.5. The van der Waals surface area contributed by atoms with Crippen LogP contribution in [0.4, 0.5) is 13.6 Å². The quantitative estimate of drug-likeness (QED) is 0.245. The molecule has 4 atom stereocenters. The normalized spacial score (nSPS) is 21.4. The average Bonchev–Trinajstić information content (AvgIpc) is 3.48. The van der Waals surface area contributed by atoms with Gasteiger partial charge in [-0.05, 0) is 79.1 Å². The maximum absolute atomic E-state index is 13.9. The molecule has 1 heterocycles. The second-order valence-corrected chi connectivity index (χ2v) is 13.6. The van der Waals surface area contributed by atoms with Gasteiger partial charge in [-0.25, -0.2) is 22.0 Å². The van der Waals surface area contributed by atoms with Crippen LogP contribution in [0.5, 0.6) is 0 Å². The van der Waals surface area contributed by atoms with Crippen LogP contribution in [0.15, 0.2) is 83.8 Å². The number of sulfonamides is 1. The van der Waals surface area contributed by atoms with Crippen LogP contribution in [-0.2, 0) is 14.8 Å². The zero-order valence-corrected chi connectivity index (χ0v) is 25.6. The number of hydrogen-bond acceptors (Lipinski definition) is 5. The van der Waals surface area contributed by atoms with Crippen molar-refractivity contribution in [1.82, 2.24) is 20.3 Å². The van der Waals surface area contributed by atoms with Crippen molar-refractivity contribution in [3.63, 3.8) is 0 Å². The van der Waals surface area contributed by atoms with Gasteiger partial charge in [0.25, 0.3) is 0 Å². The lowest BCUT2D eigenvalue weighted by Crippen LogP contribution is -2.54. The molecule has 0 radical (unpaired) electrons. The van der Waals surface area contributed by atoms with Gasteiger partial charge in [-0.3, -0.25) is 4.79 Å². The molecule has 0 unspecified atom stereocenters. The molecular weight excluding hydrogens is 602 g/mol. The Hall–Kier alpha value is -3.87. The van der Waals surface area contributed by atoms with Crippen LogP contribution < -0.4 is 16.0 Å². The molecule has 0 spiro atoms. The van der Waals surface area contributed by atoms with Crippen molar-refractivity contribution >= 4 is 22.0 Å². The Balaban J connectivity index is 1.32.